The van der Waals surface area contributed by atoms with Crippen LogP contribution in [0.25, 0.3) is 0 Å². The second-order valence-corrected chi connectivity index (χ2v) is 6.34. The molecule has 1 aliphatic heterocycles. The van der Waals surface area contributed by atoms with Crippen molar-refractivity contribution in [1.29, 1.82) is 0 Å². The van der Waals surface area contributed by atoms with E-state index in [1.54, 1.807) is 24.3 Å². The van der Waals surface area contributed by atoms with E-state index in [1.165, 1.54) is 19.4 Å². The highest BCUT2D eigenvalue weighted by Crippen LogP contribution is 2.36. The van der Waals surface area contributed by atoms with Gasteiger partial charge in [-0.1, -0.05) is 11.6 Å². The molecule has 2 aromatic rings. The van der Waals surface area contributed by atoms with E-state index in [2.05, 4.69) is 15.8 Å². The van der Waals surface area contributed by atoms with Crippen LogP contribution in [0.15, 0.2) is 35.4 Å². The summed E-state index contributed by atoms with van der Waals surface area (Å²) in [5.74, 6) is 0.0963. The molecule has 3 rings (SSSR count). The molecule has 0 unspecified atom stereocenters. The minimum absolute atomic E-state index is 0.0109. The molecule has 2 aromatic carbocycles. The lowest BCUT2D eigenvalue weighted by molar-refractivity contribution is -0.139. The highest BCUT2D eigenvalue weighted by atomic mass is 35.5. The van der Waals surface area contributed by atoms with Crippen molar-refractivity contribution in [2.24, 2.45) is 5.10 Å². The van der Waals surface area contributed by atoms with Gasteiger partial charge in [0, 0.05) is 11.8 Å². The van der Waals surface area contributed by atoms with Gasteiger partial charge in [-0.2, -0.15) is 5.10 Å². The molecule has 0 radical (unpaired) electrons. The molecule has 0 atom stereocenters. The summed E-state index contributed by atoms with van der Waals surface area (Å²) in [4.78, 5) is 22.6. The summed E-state index contributed by atoms with van der Waals surface area (Å²) in [6.07, 6.45) is 1.37. The number of methoxy groups -OCH3 is 1. The van der Waals surface area contributed by atoms with Gasteiger partial charge in [0.15, 0.2) is 29.6 Å². The number of nitrogens with zero attached hydrogens (tertiary/aromatic N) is 1. The lowest BCUT2D eigenvalue weighted by Crippen LogP contribution is -2.25. The number of ether oxygens (including phenoxy) is 4. The van der Waals surface area contributed by atoms with Crippen molar-refractivity contribution in [2.45, 2.75) is 0 Å². The molecule has 0 aliphatic carbocycles. The summed E-state index contributed by atoms with van der Waals surface area (Å²) in [5.41, 5.74) is 3.60. The highest BCUT2D eigenvalue weighted by molar-refractivity contribution is 6.32. The first-order valence-electron chi connectivity index (χ1n) is 8.64. The fourth-order valence-corrected chi connectivity index (χ4v) is 2.77. The first-order chi connectivity index (χ1) is 14.5. The van der Waals surface area contributed by atoms with Gasteiger partial charge in [-0.15, -0.1) is 0 Å². The standard InChI is InChI=1S/C19H18ClN3O7/c1-27-16-5-11(4-13(20)19(16)28-9-18(25)26)7-22-23-17(24)8-21-12-2-3-14-15(6-12)30-10-29-14/h2-7,21H,8-10H2,1H3,(H,23,24)(H,25,26). The smallest absolute Gasteiger partial charge is 0.341 e. The zero-order chi connectivity index (χ0) is 21.5. The van der Waals surface area contributed by atoms with Crippen LogP contribution in [0.4, 0.5) is 5.69 Å². The predicted molar refractivity (Wildman–Crippen MR) is 108 cm³/mol. The minimum atomic E-state index is -1.14. The van der Waals surface area contributed by atoms with Gasteiger partial charge in [0.1, 0.15) is 0 Å². The van der Waals surface area contributed by atoms with Gasteiger partial charge >= 0.3 is 5.97 Å². The van der Waals surface area contributed by atoms with E-state index in [0.717, 1.165) is 0 Å². The summed E-state index contributed by atoms with van der Waals surface area (Å²) >= 11 is 6.12. The van der Waals surface area contributed by atoms with Crippen molar-refractivity contribution in [3.05, 3.63) is 40.9 Å². The Morgan fingerprint density at radius 2 is 2.07 bits per heavy atom. The largest absolute Gasteiger partial charge is 0.493 e. The first-order valence-corrected chi connectivity index (χ1v) is 9.01. The predicted octanol–water partition coefficient (Wildman–Crippen LogP) is 2.10. The van der Waals surface area contributed by atoms with Gasteiger partial charge < -0.3 is 29.4 Å². The van der Waals surface area contributed by atoms with Crippen LogP contribution >= 0.6 is 11.6 Å². The van der Waals surface area contributed by atoms with Crippen LogP contribution in [-0.2, 0) is 9.59 Å². The number of carboxylic acid groups (broad SMARTS) is 1. The van der Waals surface area contributed by atoms with Crippen LogP contribution in [0.5, 0.6) is 23.0 Å². The Kier molecular flexibility index (Phi) is 6.81. The molecule has 0 spiro atoms. The van der Waals surface area contributed by atoms with Gasteiger partial charge in [-0.25, -0.2) is 10.2 Å². The van der Waals surface area contributed by atoms with E-state index in [-0.39, 0.29) is 35.8 Å². The number of anilines is 1. The van der Waals surface area contributed by atoms with E-state index >= 15 is 0 Å². The Bertz CT molecular complexity index is 981. The molecule has 158 valence electrons. The fraction of sp³-hybridized carbons (Fsp3) is 0.211. The molecular formula is C19H18ClN3O7. The van der Waals surface area contributed by atoms with Crippen LogP contribution < -0.4 is 29.7 Å². The number of nitrogens with one attached hydrogen (secondary N) is 2. The van der Waals surface area contributed by atoms with Crippen LogP contribution in [0.1, 0.15) is 5.56 Å². The van der Waals surface area contributed by atoms with E-state index < -0.39 is 12.6 Å². The summed E-state index contributed by atoms with van der Waals surface area (Å²) < 4.78 is 20.8. The molecule has 10 nitrogen and oxygen atoms in total. The maximum Gasteiger partial charge on any atom is 0.341 e. The zero-order valence-corrected chi connectivity index (χ0v) is 16.6. The summed E-state index contributed by atoms with van der Waals surface area (Å²) in [5, 5.41) is 15.7. The molecule has 0 fully saturated rings. The Balaban J connectivity index is 1.54. The average molecular weight is 436 g/mol. The number of amides is 1. The second-order valence-electron chi connectivity index (χ2n) is 5.93. The van der Waals surface area contributed by atoms with Crippen LogP contribution in [0, 0.1) is 0 Å². The monoisotopic (exact) mass is 435 g/mol. The van der Waals surface area contributed by atoms with Gasteiger partial charge in [0.05, 0.1) is 24.9 Å². The molecule has 11 heteroatoms. The van der Waals surface area contributed by atoms with E-state index in [4.69, 9.17) is 35.7 Å². The summed E-state index contributed by atoms with van der Waals surface area (Å²) in [7, 11) is 1.39. The molecule has 1 heterocycles. The number of fused-ring (bicyclic) bond motifs is 1. The van der Waals surface area contributed by atoms with Crippen LogP contribution in [0.2, 0.25) is 5.02 Å². The first kappa shape index (κ1) is 21.1. The third-order valence-electron chi connectivity index (χ3n) is 3.82. The molecule has 0 saturated heterocycles. The number of hydrazone groups is 1. The lowest BCUT2D eigenvalue weighted by Gasteiger charge is -2.11. The average Bonchev–Trinajstić information content (AvgIpc) is 3.18. The molecule has 0 aromatic heterocycles. The van der Waals surface area contributed by atoms with Gasteiger partial charge in [0.2, 0.25) is 6.79 Å². The van der Waals surface area contributed by atoms with E-state index in [9.17, 15) is 9.59 Å². The molecular weight excluding hydrogens is 418 g/mol. The molecule has 1 amide bonds. The molecule has 0 saturated carbocycles. The Morgan fingerprint density at radius 3 is 2.83 bits per heavy atom. The van der Waals surface area contributed by atoms with E-state index in [1.807, 2.05) is 0 Å². The Morgan fingerprint density at radius 1 is 1.27 bits per heavy atom. The van der Waals surface area contributed by atoms with Gasteiger partial charge in [-0.3, -0.25) is 4.79 Å². The number of carbonyl (C=O) groups is 2. The van der Waals surface area contributed by atoms with Crippen molar-refractivity contribution in [1.82, 2.24) is 5.43 Å². The van der Waals surface area contributed by atoms with Crippen LogP contribution in [0.3, 0.4) is 0 Å². The maximum absolute atomic E-state index is 12.0. The van der Waals surface area contributed by atoms with E-state index in [0.29, 0.717) is 22.7 Å². The van der Waals surface area contributed by atoms with Gasteiger partial charge in [0.25, 0.3) is 5.91 Å². The number of hydrogen-bond donors (Lipinski definition) is 3. The number of hydrogen-bond acceptors (Lipinski definition) is 8. The van der Waals surface area contributed by atoms with Crippen molar-refractivity contribution < 1.29 is 33.6 Å². The highest BCUT2D eigenvalue weighted by Gasteiger charge is 2.14. The van der Waals surface area contributed by atoms with Crippen molar-refractivity contribution in [2.75, 3.05) is 32.4 Å². The topological polar surface area (TPSA) is 128 Å². The van der Waals surface area contributed by atoms with Crippen molar-refractivity contribution in [3.8, 4) is 23.0 Å². The number of carboxylic acids is 1. The summed E-state index contributed by atoms with van der Waals surface area (Å²) in [6.45, 7) is -0.394. The quantitative estimate of drug-likeness (QED) is 0.403. The fourth-order valence-electron chi connectivity index (χ4n) is 2.50. The number of aliphatic carboxylic acids is 1. The number of benzene rings is 2. The maximum atomic E-state index is 12.0. The number of rotatable bonds is 9. The molecule has 30 heavy (non-hydrogen) atoms. The van der Waals surface area contributed by atoms with Crippen molar-refractivity contribution >= 4 is 35.4 Å². The second kappa shape index (κ2) is 9.70. The SMILES string of the molecule is COc1cc(C=NNC(=O)CNc2ccc3c(c2)OCO3)cc(Cl)c1OCC(=O)O. The Labute approximate surface area is 176 Å². The number of halogens is 1. The van der Waals surface area contributed by atoms with Crippen LogP contribution in [-0.4, -0.2) is 50.3 Å². The third kappa shape index (κ3) is 5.45. The third-order valence-corrected chi connectivity index (χ3v) is 4.10. The molecule has 0 bridgehead atoms. The Hall–Kier alpha value is -3.66. The van der Waals surface area contributed by atoms with Gasteiger partial charge in [-0.05, 0) is 29.8 Å². The van der Waals surface area contributed by atoms with Crippen molar-refractivity contribution in [3.63, 3.8) is 0 Å². The number of carbonyl (C=O) groups excluding carboxylic acids is 1. The molecule has 3 N–H and O–H groups in total. The summed E-state index contributed by atoms with van der Waals surface area (Å²) in [6, 6.07) is 8.31. The minimum Gasteiger partial charge on any atom is -0.493 e. The zero-order valence-electron chi connectivity index (χ0n) is 15.8. The molecule has 1 aliphatic rings. The normalized spacial score (nSPS) is 11.9. The lowest BCUT2D eigenvalue weighted by atomic mass is 10.2.